The molecular weight excluding hydrogens is 182 g/mol. The van der Waals surface area contributed by atoms with Crippen molar-refractivity contribution >= 4 is 11.9 Å². The fourth-order valence-corrected chi connectivity index (χ4v) is 2.01. The first-order chi connectivity index (χ1) is 6.59. The van der Waals surface area contributed by atoms with E-state index < -0.39 is 0 Å². The van der Waals surface area contributed by atoms with Gasteiger partial charge in [0.05, 0.1) is 12.5 Å². The second-order valence-electron chi connectivity index (χ2n) is 4.12. The Morgan fingerprint density at radius 3 is 2.79 bits per heavy atom. The topological polar surface area (TPSA) is 52.7 Å². The molecule has 14 heavy (non-hydrogen) atoms. The van der Waals surface area contributed by atoms with Crippen molar-refractivity contribution in [3.63, 3.8) is 0 Å². The number of amides is 3. The molecule has 2 saturated heterocycles. The highest BCUT2D eigenvalue weighted by Crippen LogP contribution is 2.22. The number of carbonyl (C=O) groups excluding carboxylic acids is 2. The van der Waals surface area contributed by atoms with E-state index in [-0.39, 0.29) is 24.0 Å². The van der Waals surface area contributed by atoms with E-state index in [9.17, 15) is 9.59 Å². The number of carbonyl (C=O) groups is 2. The lowest BCUT2D eigenvalue weighted by molar-refractivity contribution is -0.120. The van der Waals surface area contributed by atoms with E-state index in [1.165, 1.54) is 5.01 Å². The second kappa shape index (κ2) is 3.15. The minimum Gasteiger partial charge on any atom is -0.321 e. The number of rotatable bonds is 1. The van der Waals surface area contributed by atoms with Crippen LogP contribution in [0.15, 0.2) is 0 Å². The van der Waals surface area contributed by atoms with Gasteiger partial charge in [0.25, 0.3) is 0 Å². The summed E-state index contributed by atoms with van der Waals surface area (Å²) in [6.45, 7) is 4.72. The molecule has 1 atom stereocenters. The summed E-state index contributed by atoms with van der Waals surface area (Å²) in [5.74, 6) is -0.0473. The van der Waals surface area contributed by atoms with Gasteiger partial charge in [-0.25, -0.2) is 9.80 Å². The van der Waals surface area contributed by atoms with E-state index in [1.807, 2.05) is 13.8 Å². The Morgan fingerprint density at radius 1 is 1.43 bits per heavy atom. The third kappa shape index (κ3) is 1.32. The zero-order chi connectivity index (χ0) is 10.3. The molecule has 5 heteroatoms. The molecule has 2 fully saturated rings. The molecule has 0 spiro atoms. The van der Waals surface area contributed by atoms with Gasteiger partial charge in [-0.05, 0) is 20.3 Å². The van der Waals surface area contributed by atoms with Crippen LogP contribution >= 0.6 is 0 Å². The molecule has 5 nitrogen and oxygen atoms in total. The van der Waals surface area contributed by atoms with Crippen molar-refractivity contribution in [2.24, 2.45) is 0 Å². The Morgan fingerprint density at radius 2 is 2.14 bits per heavy atom. The van der Waals surface area contributed by atoms with Gasteiger partial charge >= 0.3 is 6.03 Å². The molecule has 3 amide bonds. The maximum absolute atomic E-state index is 11.8. The summed E-state index contributed by atoms with van der Waals surface area (Å²) in [7, 11) is 0. The van der Waals surface area contributed by atoms with E-state index in [4.69, 9.17) is 0 Å². The van der Waals surface area contributed by atoms with Crippen LogP contribution in [0.4, 0.5) is 4.79 Å². The van der Waals surface area contributed by atoms with E-state index >= 15 is 0 Å². The first-order valence-corrected chi connectivity index (χ1v) is 4.99. The van der Waals surface area contributed by atoms with Crippen molar-refractivity contribution in [1.29, 1.82) is 0 Å². The molecule has 2 aliphatic rings. The molecule has 2 heterocycles. The number of fused-ring (bicyclic) bond motifs is 1. The molecule has 1 N–H and O–H groups in total. The standard InChI is InChI=1S/C9H15N3O2/c1-6(2)11-4-3-7-5-8(13)10-12(7)9(11)14/h6-7H,3-5H2,1-2H3,(H,10,13). The van der Waals surface area contributed by atoms with Crippen molar-refractivity contribution in [2.45, 2.75) is 38.8 Å². The predicted octanol–water partition coefficient (Wildman–Crippen LogP) is 0.326. The second-order valence-corrected chi connectivity index (χ2v) is 4.12. The van der Waals surface area contributed by atoms with Gasteiger partial charge in [0.1, 0.15) is 0 Å². The Labute approximate surface area is 83.0 Å². The number of urea groups is 1. The van der Waals surface area contributed by atoms with Gasteiger partial charge in [-0.1, -0.05) is 0 Å². The average Bonchev–Trinajstić information content (AvgIpc) is 2.46. The summed E-state index contributed by atoms with van der Waals surface area (Å²) in [4.78, 5) is 24.7. The lowest BCUT2D eigenvalue weighted by Crippen LogP contribution is -2.57. The van der Waals surface area contributed by atoms with Crippen molar-refractivity contribution in [2.75, 3.05) is 6.54 Å². The van der Waals surface area contributed by atoms with Crippen LogP contribution in [0.1, 0.15) is 26.7 Å². The van der Waals surface area contributed by atoms with E-state index in [0.717, 1.165) is 13.0 Å². The number of hydrogen-bond donors (Lipinski definition) is 1. The van der Waals surface area contributed by atoms with Crippen LogP contribution in [-0.2, 0) is 4.79 Å². The quantitative estimate of drug-likeness (QED) is 0.658. The summed E-state index contributed by atoms with van der Waals surface area (Å²) < 4.78 is 0. The highest BCUT2D eigenvalue weighted by Gasteiger charge is 2.40. The van der Waals surface area contributed by atoms with Crippen LogP contribution in [0.25, 0.3) is 0 Å². The first-order valence-electron chi connectivity index (χ1n) is 4.99. The summed E-state index contributed by atoms with van der Waals surface area (Å²) >= 11 is 0. The van der Waals surface area contributed by atoms with Crippen LogP contribution in [-0.4, -0.2) is 40.5 Å². The number of nitrogens with zero attached hydrogens (tertiary/aromatic N) is 2. The summed E-state index contributed by atoms with van der Waals surface area (Å²) in [6.07, 6.45) is 1.33. The van der Waals surface area contributed by atoms with Gasteiger partial charge in [0, 0.05) is 12.6 Å². The minimum absolute atomic E-state index is 0.0473. The van der Waals surface area contributed by atoms with Crippen LogP contribution in [0.3, 0.4) is 0 Å². The number of hydrogen-bond acceptors (Lipinski definition) is 2. The third-order valence-electron chi connectivity index (χ3n) is 2.81. The number of hydrazine groups is 1. The van der Waals surface area contributed by atoms with Gasteiger partial charge in [-0.15, -0.1) is 0 Å². The lowest BCUT2D eigenvalue weighted by atomic mass is 10.1. The zero-order valence-electron chi connectivity index (χ0n) is 8.49. The number of nitrogens with one attached hydrogen (secondary N) is 1. The largest absolute Gasteiger partial charge is 0.339 e. The monoisotopic (exact) mass is 197 g/mol. The normalized spacial score (nSPS) is 26.9. The molecular formula is C9H15N3O2. The Kier molecular flexibility index (Phi) is 2.09. The lowest BCUT2D eigenvalue weighted by Gasteiger charge is -2.38. The van der Waals surface area contributed by atoms with Gasteiger partial charge < -0.3 is 4.90 Å². The third-order valence-corrected chi connectivity index (χ3v) is 2.81. The maximum atomic E-state index is 11.8. The predicted molar refractivity (Wildman–Crippen MR) is 50.2 cm³/mol. The molecule has 2 rings (SSSR count). The SMILES string of the molecule is CC(C)N1CCC2CC(=O)NN2C1=O. The highest BCUT2D eigenvalue weighted by molar-refractivity contribution is 5.86. The average molecular weight is 197 g/mol. The highest BCUT2D eigenvalue weighted by atomic mass is 16.2. The summed E-state index contributed by atoms with van der Waals surface area (Å²) in [6, 6.07) is 0.202. The Balaban J connectivity index is 2.13. The molecule has 0 aliphatic carbocycles. The van der Waals surface area contributed by atoms with Gasteiger partial charge in [-0.2, -0.15) is 0 Å². The van der Waals surface area contributed by atoms with Crippen molar-refractivity contribution in [3.05, 3.63) is 0 Å². The van der Waals surface area contributed by atoms with Gasteiger partial charge in [0.15, 0.2) is 0 Å². The Hall–Kier alpha value is -1.26. The molecule has 1 unspecified atom stereocenters. The van der Waals surface area contributed by atoms with Crippen molar-refractivity contribution in [3.8, 4) is 0 Å². The molecule has 0 aromatic carbocycles. The molecule has 78 valence electrons. The van der Waals surface area contributed by atoms with Crippen molar-refractivity contribution in [1.82, 2.24) is 15.3 Å². The molecule has 2 aliphatic heterocycles. The van der Waals surface area contributed by atoms with Gasteiger partial charge in [0.2, 0.25) is 5.91 Å². The molecule has 0 bridgehead atoms. The Bertz CT molecular complexity index is 277. The minimum atomic E-state index is -0.0675. The summed E-state index contributed by atoms with van der Waals surface area (Å²) in [5, 5.41) is 1.48. The van der Waals surface area contributed by atoms with E-state index in [0.29, 0.717) is 6.42 Å². The van der Waals surface area contributed by atoms with Gasteiger partial charge in [-0.3, -0.25) is 10.2 Å². The van der Waals surface area contributed by atoms with E-state index in [2.05, 4.69) is 5.43 Å². The summed E-state index contributed by atoms with van der Waals surface area (Å²) in [5.41, 5.74) is 2.59. The smallest absolute Gasteiger partial charge is 0.321 e. The molecule has 0 aromatic rings. The van der Waals surface area contributed by atoms with Crippen LogP contribution in [0.2, 0.25) is 0 Å². The van der Waals surface area contributed by atoms with Crippen LogP contribution in [0.5, 0.6) is 0 Å². The van der Waals surface area contributed by atoms with Crippen LogP contribution in [0, 0.1) is 0 Å². The zero-order valence-corrected chi connectivity index (χ0v) is 8.49. The maximum Gasteiger partial charge on any atom is 0.339 e. The first kappa shape index (κ1) is 9.30. The van der Waals surface area contributed by atoms with Crippen molar-refractivity contribution < 1.29 is 9.59 Å². The fraction of sp³-hybridized carbons (Fsp3) is 0.778. The fourth-order valence-electron chi connectivity index (χ4n) is 2.01. The van der Waals surface area contributed by atoms with E-state index in [1.54, 1.807) is 4.90 Å². The molecule has 0 saturated carbocycles. The van der Waals surface area contributed by atoms with Crippen LogP contribution < -0.4 is 5.43 Å². The molecule has 0 aromatic heterocycles. The molecule has 0 radical (unpaired) electrons.